The lowest BCUT2D eigenvalue weighted by Gasteiger charge is -2.34. The summed E-state index contributed by atoms with van der Waals surface area (Å²) < 4.78 is 6.20. The zero-order valence-corrected chi connectivity index (χ0v) is 23.1. The molecule has 186 valence electrons. The van der Waals surface area contributed by atoms with Gasteiger partial charge in [-0.15, -0.1) is 24.0 Å². The molecule has 4 rings (SSSR count). The van der Waals surface area contributed by atoms with Crippen molar-refractivity contribution in [1.29, 1.82) is 0 Å². The summed E-state index contributed by atoms with van der Waals surface area (Å²) in [4.78, 5) is 12.1. The molecule has 0 saturated carbocycles. The number of piperidine rings is 1. The van der Waals surface area contributed by atoms with E-state index in [1.54, 1.807) is 0 Å². The molecule has 2 atom stereocenters. The molecule has 2 aromatic rings. The molecule has 2 unspecified atom stereocenters. The van der Waals surface area contributed by atoms with Crippen molar-refractivity contribution in [3.8, 4) is 0 Å². The van der Waals surface area contributed by atoms with Crippen LogP contribution in [0.2, 0.25) is 0 Å². The summed E-state index contributed by atoms with van der Waals surface area (Å²) in [5.74, 6) is 2.43. The predicted molar refractivity (Wildman–Crippen MR) is 151 cm³/mol. The maximum atomic E-state index is 6.20. The topological polar surface area (TPSA) is 61.8 Å². The Balaban J connectivity index is 0.00000324. The van der Waals surface area contributed by atoms with Gasteiger partial charge < -0.3 is 20.3 Å². The second kappa shape index (κ2) is 13.3. The van der Waals surface area contributed by atoms with E-state index in [2.05, 4.69) is 83.8 Å². The van der Waals surface area contributed by atoms with Crippen LogP contribution in [0.15, 0.2) is 47.5 Å². The van der Waals surface area contributed by atoms with Crippen molar-refractivity contribution in [2.75, 3.05) is 37.7 Å². The van der Waals surface area contributed by atoms with Crippen molar-refractivity contribution in [3.05, 3.63) is 59.3 Å². The van der Waals surface area contributed by atoms with E-state index in [0.29, 0.717) is 12.0 Å². The zero-order chi connectivity index (χ0) is 23.0. The fourth-order valence-electron chi connectivity index (χ4n) is 4.83. The molecule has 0 spiro atoms. The average Bonchev–Trinajstić information content (AvgIpc) is 2.84. The Hall–Kier alpha value is -1.87. The van der Waals surface area contributed by atoms with Gasteiger partial charge in [-0.2, -0.15) is 0 Å². The van der Waals surface area contributed by atoms with Crippen LogP contribution in [0.25, 0.3) is 0 Å². The number of aromatic nitrogens is 1. The van der Waals surface area contributed by atoms with Crippen molar-refractivity contribution < 1.29 is 4.74 Å². The number of nitrogens with zero attached hydrogens (tertiary/aromatic N) is 3. The number of aliphatic imine (C=N–C) groups is 1. The minimum absolute atomic E-state index is 0. The molecule has 2 aliphatic heterocycles. The van der Waals surface area contributed by atoms with Gasteiger partial charge in [0.25, 0.3) is 0 Å². The summed E-state index contributed by atoms with van der Waals surface area (Å²) in [6, 6.07) is 15.5. The number of hydrogen-bond acceptors (Lipinski definition) is 4. The number of benzene rings is 1. The number of rotatable bonds is 6. The number of aryl methyl sites for hydroxylation is 2. The van der Waals surface area contributed by atoms with Crippen LogP contribution >= 0.6 is 24.0 Å². The first kappa shape index (κ1) is 26.7. The lowest BCUT2D eigenvalue weighted by atomic mass is 9.89. The van der Waals surface area contributed by atoms with Gasteiger partial charge in [0, 0.05) is 50.4 Å². The molecule has 7 heteroatoms. The average molecular weight is 578 g/mol. The summed E-state index contributed by atoms with van der Waals surface area (Å²) in [6.07, 6.45) is 4.56. The van der Waals surface area contributed by atoms with Crippen LogP contribution < -0.4 is 15.5 Å². The molecular weight excluding hydrogens is 537 g/mol. The molecule has 1 aromatic carbocycles. The van der Waals surface area contributed by atoms with Gasteiger partial charge in [-0.25, -0.2) is 4.98 Å². The van der Waals surface area contributed by atoms with E-state index in [-0.39, 0.29) is 30.1 Å². The summed E-state index contributed by atoms with van der Waals surface area (Å²) in [5.41, 5.74) is 3.63. The van der Waals surface area contributed by atoms with Crippen LogP contribution in [0.1, 0.15) is 55.5 Å². The Morgan fingerprint density at radius 1 is 1.09 bits per heavy atom. The maximum Gasteiger partial charge on any atom is 0.191 e. The van der Waals surface area contributed by atoms with Gasteiger partial charge in [0.05, 0.1) is 6.10 Å². The predicted octanol–water partition coefficient (Wildman–Crippen LogP) is 5.01. The molecule has 3 heterocycles. The van der Waals surface area contributed by atoms with Crippen molar-refractivity contribution in [3.63, 3.8) is 0 Å². The SMILES string of the molecule is CCNC(=NCC1CCCOC1c1ccc(C)cc1)NC1CCN(c2cccc(C)n2)CC1.I. The van der Waals surface area contributed by atoms with Gasteiger partial charge >= 0.3 is 0 Å². The Morgan fingerprint density at radius 2 is 1.85 bits per heavy atom. The number of nitrogens with one attached hydrogen (secondary N) is 2. The number of anilines is 1. The van der Waals surface area contributed by atoms with Crippen LogP contribution in [-0.4, -0.2) is 49.8 Å². The Kier molecular flexibility index (Phi) is 10.4. The highest BCUT2D eigenvalue weighted by Crippen LogP contribution is 2.34. The van der Waals surface area contributed by atoms with Gasteiger partial charge in [-0.1, -0.05) is 35.9 Å². The Bertz CT molecular complexity index is 911. The first-order valence-corrected chi connectivity index (χ1v) is 12.5. The highest BCUT2D eigenvalue weighted by Gasteiger charge is 2.28. The van der Waals surface area contributed by atoms with E-state index in [1.165, 1.54) is 11.1 Å². The standard InChI is InChI=1S/C27H39N5O.HI/c1-4-28-27(31-24-14-16-32(17-15-24)25-9-5-7-21(3)30-25)29-19-23-8-6-18-33-26(23)22-12-10-20(2)11-13-22;/h5,7,9-13,23-24,26H,4,6,8,14-19H2,1-3H3,(H2,28,29,31);1H. The minimum Gasteiger partial charge on any atom is -0.373 e. The second-order valence-electron chi connectivity index (χ2n) is 9.37. The lowest BCUT2D eigenvalue weighted by molar-refractivity contribution is -0.0250. The molecule has 0 aliphatic carbocycles. The van der Waals surface area contributed by atoms with Gasteiger partial charge in [-0.05, 0) is 64.2 Å². The van der Waals surface area contributed by atoms with E-state index in [9.17, 15) is 0 Å². The monoisotopic (exact) mass is 577 g/mol. The molecule has 2 aliphatic rings. The first-order chi connectivity index (χ1) is 16.1. The lowest BCUT2D eigenvalue weighted by Crippen LogP contribution is -2.49. The van der Waals surface area contributed by atoms with Crippen LogP contribution in [0.4, 0.5) is 5.82 Å². The highest BCUT2D eigenvalue weighted by atomic mass is 127. The highest BCUT2D eigenvalue weighted by molar-refractivity contribution is 14.0. The van der Waals surface area contributed by atoms with Gasteiger partial charge in [-0.3, -0.25) is 4.99 Å². The maximum absolute atomic E-state index is 6.20. The minimum atomic E-state index is 0. The fraction of sp³-hybridized carbons (Fsp3) is 0.556. The van der Waals surface area contributed by atoms with Crippen LogP contribution in [0.3, 0.4) is 0 Å². The van der Waals surface area contributed by atoms with Crippen molar-refractivity contribution in [2.24, 2.45) is 10.9 Å². The van der Waals surface area contributed by atoms with Crippen LogP contribution in [-0.2, 0) is 4.74 Å². The van der Waals surface area contributed by atoms with E-state index >= 15 is 0 Å². The molecule has 1 aromatic heterocycles. The quantitative estimate of drug-likeness (QED) is 0.287. The molecular formula is C27H40IN5O. The third-order valence-corrected chi connectivity index (χ3v) is 6.71. The molecule has 0 radical (unpaired) electrons. The third kappa shape index (κ3) is 7.31. The number of guanidine groups is 1. The molecule has 2 N–H and O–H groups in total. The molecule has 2 saturated heterocycles. The normalized spacial score (nSPS) is 21.6. The summed E-state index contributed by atoms with van der Waals surface area (Å²) in [5, 5.41) is 7.15. The second-order valence-corrected chi connectivity index (χ2v) is 9.37. The molecule has 0 bridgehead atoms. The Labute approximate surface area is 222 Å². The summed E-state index contributed by atoms with van der Waals surface area (Å²) >= 11 is 0. The summed E-state index contributed by atoms with van der Waals surface area (Å²) in [6.45, 7) is 10.8. The number of ether oxygens (including phenoxy) is 1. The van der Waals surface area contributed by atoms with E-state index in [4.69, 9.17) is 9.73 Å². The first-order valence-electron chi connectivity index (χ1n) is 12.5. The third-order valence-electron chi connectivity index (χ3n) is 6.71. The van der Waals surface area contributed by atoms with Crippen molar-refractivity contribution >= 4 is 35.8 Å². The Morgan fingerprint density at radius 3 is 2.56 bits per heavy atom. The molecule has 0 amide bonds. The van der Waals surface area contributed by atoms with Crippen molar-refractivity contribution in [1.82, 2.24) is 15.6 Å². The summed E-state index contributed by atoms with van der Waals surface area (Å²) in [7, 11) is 0. The van der Waals surface area contributed by atoms with Gasteiger partial charge in [0.2, 0.25) is 0 Å². The van der Waals surface area contributed by atoms with E-state index in [0.717, 1.165) is 75.9 Å². The molecule has 34 heavy (non-hydrogen) atoms. The fourth-order valence-corrected chi connectivity index (χ4v) is 4.83. The van der Waals surface area contributed by atoms with E-state index < -0.39 is 0 Å². The van der Waals surface area contributed by atoms with Crippen LogP contribution in [0.5, 0.6) is 0 Å². The van der Waals surface area contributed by atoms with Crippen molar-refractivity contribution in [2.45, 2.75) is 58.6 Å². The number of pyridine rings is 1. The number of hydrogen-bond donors (Lipinski definition) is 2. The van der Waals surface area contributed by atoms with Gasteiger partial charge in [0.1, 0.15) is 5.82 Å². The van der Waals surface area contributed by atoms with Gasteiger partial charge in [0.15, 0.2) is 5.96 Å². The largest absolute Gasteiger partial charge is 0.373 e. The zero-order valence-electron chi connectivity index (χ0n) is 20.8. The molecule has 6 nitrogen and oxygen atoms in total. The smallest absolute Gasteiger partial charge is 0.191 e. The number of halogens is 1. The molecule has 2 fully saturated rings. The van der Waals surface area contributed by atoms with Crippen LogP contribution in [0, 0.1) is 19.8 Å². The van der Waals surface area contributed by atoms with E-state index in [1.807, 2.05) is 0 Å².